The van der Waals surface area contributed by atoms with E-state index in [0.29, 0.717) is 0 Å². The van der Waals surface area contributed by atoms with E-state index in [0.717, 1.165) is 18.4 Å². The lowest BCUT2D eigenvalue weighted by Gasteiger charge is -1.94. The van der Waals surface area contributed by atoms with Gasteiger partial charge in [0.25, 0.3) is 0 Å². The van der Waals surface area contributed by atoms with Crippen LogP contribution >= 0.6 is 0 Å². The average molecular weight is 241 g/mol. The van der Waals surface area contributed by atoms with Crippen LogP contribution in [0.5, 0.6) is 0 Å². The van der Waals surface area contributed by atoms with Gasteiger partial charge in [-0.3, -0.25) is 0 Å². The minimum atomic E-state index is -0.403. The van der Waals surface area contributed by atoms with Gasteiger partial charge in [0, 0.05) is 6.20 Å². The van der Waals surface area contributed by atoms with Crippen LogP contribution in [-0.2, 0) is 6.42 Å². The molecule has 0 saturated carbocycles. The highest BCUT2D eigenvalue weighted by Crippen LogP contribution is 2.01. The van der Waals surface area contributed by atoms with Crippen molar-refractivity contribution in [3.63, 3.8) is 0 Å². The number of nitrogens with zero attached hydrogens (tertiary/aromatic N) is 1. The molecule has 1 heterocycles. The van der Waals surface area contributed by atoms with E-state index < -0.39 is 5.95 Å². The normalized spacial score (nSPS) is 8.59. The molecule has 0 aliphatic heterocycles. The Morgan fingerprint density at radius 3 is 1.88 bits per heavy atom. The minimum absolute atomic E-state index is 0.403. The first-order chi connectivity index (χ1) is 8.24. The summed E-state index contributed by atoms with van der Waals surface area (Å²) in [4.78, 5) is 3.53. The van der Waals surface area contributed by atoms with E-state index in [4.69, 9.17) is 0 Å². The van der Waals surface area contributed by atoms with Gasteiger partial charge in [-0.1, -0.05) is 66.4 Å². The number of aryl methyl sites for hydroxylation is 1. The molecule has 0 aliphatic carbocycles. The molecule has 0 fully saturated rings. The summed E-state index contributed by atoms with van der Waals surface area (Å²) < 4.78 is 12.2. The average Bonchev–Trinajstić information content (AvgIpc) is 2.37. The molecule has 0 N–H and O–H groups in total. The molecule has 1 nitrogen and oxygen atoms in total. The number of rotatable bonds is 4. The van der Waals surface area contributed by atoms with Gasteiger partial charge in [0.15, 0.2) is 0 Å². The van der Waals surface area contributed by atoms with Crippen molar-refractivity contribution < 1.29 is 4.39 Å². The summed E-state index contributed by atoms with van der Waals surface area (Å²) >= 11 is 0. The third-order valence-electron chi connectivity index (χ3n) is 2.03. The van der Waals surface area contributed by atoms with Crippen molar-refractivity contribution in [2.24, 2.45) is 0 Å². The van der Waals surface area contributed by atoms with Crippen LogP contribution in [0.3, 0.4) is 0 Å². The zero-order chi connectivity index (χ0) is 13.5. The zero-order valence-electron chi connectivity index (χ0n) is 12.1. The molecule has 1 rings (SSSR count). The van der Waals surface area contributed by atoms with Crippen molar-refractivity contribution in [1.29, 1.82) is 0 Å². The lowest BCUT2D eigenvalue weighted by Crippen LogP contribution is -1.86. The number of aromatic nitrogens is 1. The maximum atomic E-state index is 12.2. The van der Waals surface area contributed by atoms with E-state index >= 15 is 0 Å². The topological polar surface area (TPSA) is 12.9 Å². The Balaban J connectivity index is 0. The highest BCUT2D eigenvalue weighted by molar-refractivity contribution is 5.08. The fourth-order valence-corrected chi connectivity index (χ4v) is 1.20. The van der Waals surface area contributed by atoms with Crippen LogP contribution in [0, 0.1) is 5.95 Å². The van der Waals surface area contributed by atoms with E-state index in [1.54, 1.807) is 12.3 Å². The lowest BCUT2D eigenvalue weighted by molar-refractivity contribution is 0.582. The smallest absolute Gasteiger partial charge is 0.212 e. The molecule has 0 aliphatic rings. The van der Waals surface area contributed by atoms with E-state index in [1.807, 2.05) is 13.8 Å². The van der Waals surface area contributed by atoms with Gasteiger partial charge in [0.2, 0.25) is 5.95 Å². The van der Waals surface area contributed by atoms with Crippen LogP contribution in [0.4, 0.5) is 4.39 Å². The zero-order valence-corrected chi connectivity index (χ0v) is 12.1. The summed E-state index contributed by atoms with van der Waals surface area (Å²) in [5.41, 5.74) is 1.10. The van der Waals surface area contributed by atoms with Crippen LogP contribution in [0.25, 0.3) is 0 Å². The summed E-state index contributed by atoms with van der Waals surface area (Å²) in [6, 6.07) is 3.16. The fourth-order valence-electron chi connectivity index (χ4n) is 1.20. The van der Waals surface area contributed by atoms with Gasteiger partial charge >= 0.3 is 0 Å². The van der Waals surface area contributed by atoms with Crippen molar-refractivity contribution in [1.82, 2.24) is 4.98 Å². The molecule has 0 bridgehead atoms. The summed E-state index contributed by atoms with van der Waals surface area (Å²) in [5.74, 6) is -0.403. The molecule has 17 heavy (non-hydrogen) atoms. The Kier molecular flexibility index (Phi) is 16.4. The fraction of sp³-hybridized carbons (Fsp3) is 0.667. The van der Waals surface area contributed by atoms with E-state index in [9.17, 15) is 4.39 Å². The first-order valence-corrected chi connectivity index (χ1v) is 6.85. The maximum absolute atomic E-state index is 12.2. The quantitative estimate of drug-likeness (QED) is 0.643. The first-order valence-electron chi connectivity index (χ1n) is 6.85. The molecule has 1 aromatic rings. The second-order valence-electron chi connectivity index (χ2n) is 3.59. The van der Waals surface area contributed by atoms with Gasteiger partial charge in [0.05, 0.1) is 0 Å². The van der Waals surface area contributed by atoms with Crippen LogP contribution in [0.2, 0.25) is 0 Å². The molecule has 0 radical (unpaired) electrons. The second-order valence-corrected chi connectivity index (χ2v) is 3.59. The molecule has 0 spiro atoms. The van der Waals surface area contributed by atoms with Crippen molar-refractivity contribution in [3.8, 4) is 0 Å². The van der Waals surface area contributed by atoms with Crippen molar-refractivity contribution in [2.75, 3.05) is 0 Å². The van der Waals surface area contributed by atoms with Gasteiger partial charge < -0.3 is 0 Å². The predicted molar refractivity (Wildman–Crippen MR) is 74.7 cm³/mol. The Labute approximate surface area is 106 Å². The summed E-state index contributed by atoms with van der Waals surface area (Å²) in [5, 5.41) is 0. The third kappa shape index (κ3) is 13.0. The van der Waals surface area contributed by atoms with Crippen LogP contribution in [0.1, 0.15) is 65.9 Å². The first kappa shape index (κ1) is 18.4. The maximum Gasteiger partial charge on any atom is 0.212 e. The van der Waals surface area contributed by atoms with Crippen LogP contribution < -0.4 is 0 Å². The molecule has 2 heteroatoms. The van der Waals surface area contributed by atoms with E-state index in [2.05, 4.69) is 25.8 Å². The number of halogens is 1. The van der Waals surface area contributed by atoms with Gasteiger partial charge in [-0.2, -0.15) is 4.39 Å². The molecule has 0 amide bonds. The molecule has 1 aromatic heterocycles. The third-order valence-corrected chi connectivity index (χ3v) is 2.03. The summed E-state index contributed by atoms with van der Waals surface area (Å²) in [6.07, 6.45) is 7.71. The molecule has 0 saturated heterocycles. The van der Waals surface area contributed by atoms with Crippen molar-refractivity contribution >= 4 is 0 Å². The Bertz CT molecular complexity index is 229. The largest absolute Gasteiger partial charge is 0.228 e. The number of hydrogen-bond donors (Lipinski definition) is 0. The SMILES string of the molecule is CC.CCCCC.CCCc1ccc(F)nc1. The standard InChI is InChI=1S/C8H10FN.C5H12.C2H6/c1-2-3-7-4-5-8(9)10-6-7;1-3-5-4-2;1-2/h4-6H,2-3H2,1H3;3-5H2,1-2H3;1-2H3. The summed E-state index contributed by atoms with van der Waals surface area (Å²) in [7, 11) is 0. The van der Waals surface area contributed by atoms with E-state index in [-0.39, 0.29) is 0 Å². The Morgan fingerprint density at radius 2 is 1.59 bits per heavy atom. The van der Waals surface area contributed by atoms with Gasteiger partial charge in [-0.25, -0.2) is 4.98 Å². The molecule has 0 atom stereocenters. The Hall–Kier alpha value is -0.920. The molecular weight excluding hydrogens is 213 g/mol. The highest BCUT2D eigenvalue weighted by Gasteiger charge is 1.91. The molecular formula is C15H28FN. The molecule has 0 unspecified atom stereocenters. The Morgan fingerprint density at radius 1 is 1.00 bits per heavy atom. The number of pyridine rings is 1. The lowest BCUT2D eigenvalue weighted by atomic mass is 10.2. The van der Waals surface area contributed by atoms with Crippen LogP contribution in [-0.4, -0.2) is 4.98 Å². The number of hydrogen-bond acceptors (Lipinski definition) is 1. The van der Waals surface area contributed by atoms with Crippen molar-refractivity contribution in [3.05, 3.63) is 29.8 Å². The summed E-state index contributed by atoms with van der Waals surface area (Å²) in [6.45, 7) is 10.5. The highest BCUT2D eigenvalue weighted by atomic mass is 19.1. The van der Waals surface area contributed by atoms with Gasteiger partial charge in [-0.15, -0.1) is 0 Å². The molecule has 0 aromatic carbocycles. The number of unbranched alkanes of at least 4 members (excludes halogenated alkanes) is 2. The van der Waals surface area contributed by atoms with Crippen LogP contribution in [0.15, 0.2) is 18.3 Å². The molecule has 100 valence electrons. The monoisotopic (exact) mass is 241 g/mol. The van der Waals surface area contributed by atoms with Gasteiger partial charge in [-0.05, 0) is 18.1 Å². The van der Waals surface area contributed by atoms with Gasteiger partial charge in [0.1, 0.15) is 0 Å². The minimum Gasteiger partial charge on any atom is -0.228 e. The van der Waals surface area contributed by atoms with E-state index in [1.165, 1.54) is 25.3 Å². The van der Waals surface area contributed by atoms with Crippen molar-refractivity contribution in [2.45, 2.75) is 66.7 Å². The second kappa shape index (κ2) is 15.1. The predicted octanol–water partition coefficient (Wildman–Crippen LogP) is 5.40.